The summed E-state index contributed by atoms with van der Waals surface area (Å²) in [5.74, 6) is -0.655. The second-order valence-corrected chi connectivity index (χ2v) is 11.3. The Hall–Kier alpha value is -2.69. The Morgan fingerprint density at radius 3 is 2.61 bits per heavy atom. The van der Waals surface area contributed by atoms with Crippen LogP contribution in [0.15, 0.2) is 53.4 Å². The Morgan fingerprint density at radius 1 is 1.18 bits per heavy atom. The molecule has 1 N–H and O–H groups in total. The van der Waals surface area contributed by atoms with Crippen LogP contribution in [0.2, 0.25) is 0 Å². The van der Waals surface area contributed by atoms with E-state index in [2.05, 4.69) is 29.4 Å². The van der Waals surface area contributed by atoms with Crippen molar-refractivity contribution in [2.75, 3.05) is 11.9 Å². The molecule has 2 aromatic carbocycles. The zero-order chi connectivity index (χ0) is 23.6. The van der Waals surface area contributed by atoms with Gasteiger partial charge in [-0.1, -0.05) is 49.4 Å². The molecule has 1 atom stereocenters. The number of carbonyl (C=O) groups is 1. The van der Waals surface area contributed by atoms with Crippen LogP contribution in [0.1, 0.15) is 53.1 Å². The van der Waals surface area contributed by atoms with Gasteiger partial charge in [0, 0.05) is 6.54 Å². The Kier molecular flexibility index (Phi) is 6.87. The first-order valence-corrected chi connectivity index (χ1v) is 13.0. The fraction of sp³-hybridized carbons (Fsp3) is 0.348. The van der Waals surface area contributed by atoms with Crippen LogP contribution in [0.5, 0.6) is 0 Å². The number of halogens is 1. The molecule has 1 aromatic heterocycles. The van der Waals surface area contributed by atoms with Gasteiger partial charge in [0.1, 0.15) is 10.8 Å². The number of nitrogens with zero attached hydrogens (tertiary/aromatic N) is 3. The molecule has 0 aliphatic carbocycles. The van der Waals surface area contributed by atoms with Gasteiger partial charge in [-0.3, -0.25) is 4.79 Å². The van der Waals surface area contributed by atoms with Crippen molar-refractivity contribution >= 4 is 33.0 Å². The van der Waals surface area contributed by atoms with Gasteiger partial charge in [0.2, 0.25) is 15.0 Å². The van der Waals surface area contributed by atoms with Gasteiger partial charge in [0.25, 0.3) is 5.91 Å². The average molecular weight is 489 g/mol. The van der Waals surface area contributed by atoms with Gasteiger partial charge in [0.05, 0.1) is 16.6 Å². The van der Waals surface area contributed by atoms with Crippen molar-refractivity contribution < 1.29 is 17.6 Å². The highest BCUT2D eigenvalue weighted by molar-refractivity contribution is 7.89. The van der Waals surface area contributed by atoms with Gasteiger partial charge in [0.15, 0.2) is 0 Å². The summed E-state index contributed by atoms with van der Waals surface area (Å²) in [6.45, 7) is 4.61. The number of sulfonamides is 1. The van der Waals surface area contributed by atoms with Crippen molar-refractivity contribution in [2.45, 2.75) is 44.0 Å². The maximum Gasteiger partial charge on any atom is 0.286 e. The molecule has 10 heteroatoms. The molecule has 1 aliphatic heterocycles. The topological polar surface area (TPSA) is 92.3 Å². The number of hydrogen-bond acceptors (Lipinski definition) is 6. The monoisotopic (exact) mass is 488 g/mol. The summed E-state index contributed by atoms with van der Waals surface area (Å²) < 4.78 is 41.9. The SMILES string of the molecule is CC(C)Cc1ccc(S(=O)(=O)N2CCC[C@H]2c2nnc(C(=O)Nc3ccccc3F)s2)cc1. The lowest BCUT2D eigenvalue weighted by Gasteiger charge is -2.22. The van der Waals surface area contributed by atoms with E-state index in [0.29, 0.717) is 30.3 Å². The highest BCUT2D eigenvalue weighted by Crippen LogP contribution is 2.38. The summed E-state index contributed by atoms with van der Waals surface area (Å²) in [6, 6.07) is 12.4. The molecular formula is C23H25FN4O3S2. The van der Waals surface area contributed by atoms with Gasteiger partial charge in [-0.25, -0.2) is 12.8 Å². The van der Waals surface area contributed by atoms with Crippen molar-refractivity contribution in [3.8, 4) is 0 Å². The molecular weight excluding hydrogens is 463 g/mol. The minimum atomic E-state index is -3.72. The van der Waals surface area contributed by atoms with Gasteiger partial charge in [-0.2, -0.15) is 4.31 Å². The number of aromatic nitrogens is 2. The molecule has 0 spiro atoms. The smallest absolute Gasteiger partial charge is 0.286 e. The molecule has 0 saturated carbocycles. The summed E-state index contributed by atoms with van der Waals surface area (Å²) in [7, 11) is -3.72. The molecule has 0 bridgehead atoms. The predicted molar refractivity (Wildman–Crippen MR) is 125 cm³/mol. The molecule has 2 heterocycles. The molecule has 1 fully saturated rings. The largest absolute Gasteiger partial charge is 0.317 e. The number of hydrogen-bond donors (Lipinski definition) is 1. The lowest BCUT2D eigenvalue weighted by molar-refractivity contribution is 0.102. The van der Waals surface area contributed by atoms with E-state index in [1.54, 1.807) is 18.2 Å². The number of carbonyl (C=O) groups excluding carboxylic acids is 1. The summed E-state index contributed by atoms with van der Waals surface area (Å²) in [5, 5.41) is 11.0. The molecule has 33 heavy (non-hydrogen) atoms. The Bertz CT molecular complexity index is 1240. The van der Waals surface area contributed by atoms with Crippen LogP contribution in [-0.2, 0) is 16.4 Å². The van der Waals surface area contributed by atoms with Crippen LogP contribution in [0.25, 0.3) is 0 Å². The van der Waals surface area contributed by atoms with E-state index in [0.717, 1.165) is 23.3 Å². The van der Waals surface area contributed by atoms with Crippen molar-refractivity contribution in [3.05, 3.63) is 69.9 Å². The van der Waals surface area contributed by atoms with E-state index in [1.165, 1.54) is 22.5 Å². The predicted octanol–water partition coefficient (Wildman–Crippen LogP) is 4.65. The highest BCUT2D eigenvalue weighted by atomic mass is 32.2. The van der Waals surface area contributed by atoms with Crippen LogP contribution in [0.3, 0.4) is 0 Å². The molecule has 174 valence electrons. The van der Waals surface area contributed by atoms with Crippen molar-refractivity contribution in [1.82, 2.24) is 14.5 Å². The van der Waals surface area contributed by atoms with Crippen molar-refractivity contribution in [1.29, 1.82) is 0 Å². The summed E-state index contributed by atoms with van der Waals surface area (Å²) in [4.78, 5) is 12.7. The number of nitrogens with one attached hydrogen (secondary N) is 1. The fourth-order valence-corrected chi connectivity index (χ4v) is 6.49. The molecule has 0 radical (unpaired) electrons. The Labute approximate surface area is 196 Å². The second kappa shape index (κ2) is 9.66. The van der Waals surface area contributed by atoms with Crippen LogP contribution < -0.4 is 5.32 Å². The molecule has 1 aliphatic rings. The van der Waals surface area contributed by atoms with Crippen LogP contribution in [0.4, 0.5) is 10.1 Å². The number of anilines is 1. The molecule has 7 nitrogen and oxygen atoms in total. The Morgan fingerprint density at radius 2 is 1.91 bits per heavy atom. The summed E-state index contributed by atoms with van der Waals surface area (Å²) in [5.41, 5.74) is 1.14. The third-order valence-electron chi connectivity index (χ3n) is 5.42. The van der Waals surface area contributed by atoms with Gasteiger partial charge >= 0.3 is 0 Å². The minimum Gasteiger partial charge on any atom is -0.317 e. The lowest BCUT2D eigenvalue weighted by Crippen LogP contribution is -2.30. The first-order valence-electron chi connectivity index (χ1n) is 10.8. The van der Waals surface area contributed by atoms with E-state index in [-0.39, 0.29) is 15.6 Å². The van der Waals surface area contributed by atoms with E-state index in [9.17, 15) is 17.6 Å². The van der Waals surface area contributed by atoms with Gasteiger partial charge in [-0.15, -0.1) is 10.2 Å². The average Bonchev–Trinajstić information content (AvgIpc) is 3.45. The first kappa shape index (κ1) is 23.5. The number of para-hydroxylation sites is 1. The number of benzene rings is 2. The third-order valence-corrected chi connectivity index (χ3v) is 8.37. The van der Waals surface area contributed by atoms with Crippen molar-refractivity contribution in [2.24, 2.45) is 5.92 Å². The quantitative estimate of drug-likeness (QED) is 0.522. The molecule has 3 aromatic rings. The maximum atomic E-state index is 13.8. The zero-order valence-electron chi connectivity index (χ0n) is 18.4. The van der Waals surface area contributed by atoms with E-state index >= 15 is 0 Å². The summed E-state index contributed by atoms with van der Waals surface area (Å²) in [6.07, 6.45) is 2.16. The third kappa shape index (κ3) is 5.13. The van der Waals surface area contributed by atoms with E-state index < -0.39 is 27.8 Å². The van der Waals surface area contributed by atoms with Crippen LogP contribution in [-0.4, -0.2) is 35.4 Å². The van der Waals surface area contributed by atoms with E-state index in [1.807, 2.05) is 12.1 Å². The highest BCUT2D eigenvalue weighted by Gasteiger charge is 2.38. The Balaban J connectivity index is 1.52. The second-order valence-electron chi connectivity index (χ2n) is 8.40. The summed E-state index contributed by atoms with van der Waals surface area (Å²) >= 11 is 1.02. The normalized spacial score (nSPS) is 16.9. The number of amides is 1. The molecule has 4 rings (SSSR count). The standard InChI is InChI=1S/C23H25FN4O3S2/c1-15(2)14-16-9-11-17(12-10-16)33(30,31)28-13-5-8-20(28)22-26-27-23(32-22)21(29)25-19-7-4-3-6-18(19)24/h3-4,6-7,9-12,15,20H,5,8,13-14H2,1-2H3,(H,25,29)/t20-/m0/s1. The first-order chi connectivity index (χ1) is 15.8. The van der Waals surface area contributed by atoms with Crippen LogP contribution in [0, 0.1) is 11.7 Å². The molecule has 1 amide bonds. The molecule has 0 unspecified atom stereocenters. The minimum absolute atomic E-state index is 0.0465. The molecule has 1 saturated heterocycles. The zero-order valence-corrected chi connectivity index (χ0v) is 20.0. The van der Waals surface area contributed by atoms with Crippen molar-refractivity contribution in [3.63, 3.8) is 0 Å². The van der Waals surface area contributed by atoms with E-state index in [4.69, 9.17) is 0 Å². The number of rotatable bonds is 7. The van der Waals surface area contributed by atoms with Gasteiger partial charge < -0.3 is 5.32 Å². The van der Waals surface area contributed by atoms with Crippen LogP contribution >= 0.6 is 11.3 Å². The maximum absolute atomic E-state index is 13.8. The lowest BCUT2D eigenvalue weighted by atomic mass is 10.0. The van der Waals surface area contributed by atoms with Gasteiger partial charge in [-0.05, 0) is 55.0 Å². The fourth-order valence-electron chi connectivity index (χ4n) is 3.88.